The molecule has 162 valence electrons. The standard InChI is InChI=1S/C20H26F3N3O2.ClH/c21-20(22,23)14-9-13(12-24)10-15(11-14)25-18(27)16-5-1-2-6-17(16)19(28)26-7-3-4-8-26;/h9-11,16-17H,1-8,12,24H2,(H,25,27);1H. The van der Waals surface area contributed by atoms with Crippen molar-refractivity contribution in [2.75, 3.05) is 18.4 Å². The van der Waals surface area contributed by atoms with Crippen molar-refractivity contribution in [1.29, 1.82) is 0 Å². The first-order chi connectivity index (χ1) is 13.3. The largest absolute Gasteiger partial charge is 0.416 e. The van der Waals surface area contributed by atoms with Crippen LogP contribution in [0.4, 0.5) is 18.9 Å². The summed E-state index contributed by atoms with van der Waals surface area (Å²) in [6, 6.07) is 3.35. The summed E-state index contributed by atoms with van der Waals surface area (Å²) in [5.74, 6) is -1.30. The summed E-state index contributed by atoms with van der Waals surface area (Å²) in [6.07, 6.45) is 0.350. The van der Waals surface area contributed by atoms with E-state index < -0.39 is 23.6 Å². The van der Waals surface area contributed by atoms with Crippen molar-refractivity contribution < 1.29 is 22.8 Å². The highest BCUT2D eigenvalue weighted by molar-refractivity contribution is 5.96. The molecular weight excluding hydrogens is 407 g/mol. The molecule has 1 aliphatic carbocycles. The number of anilines is 1. The molecule has 5 nitrogen and oxygen atoms in total. The molecule has 0 aromatic heterocycles. The number of rotatable bonds is 4. The maximum Gasteiger partial charge on any atom is 0.416 e. The smallest absolute Gasteiger partial charge is 0.342 e. The van der Waals surface area contributed by atoms with E-state index in [1.54, 1.807) is 0 Å². The van der Waals surface area contributed by atoms with E-state index >= 15 is 0 Å². The number of benzene rings is 1. The predicted octanol–water partition coefficient (Wildman–Crippen LogP) is 3.95. The lowest BCUT2D eigenvalue weighted by Gasteiger charge is -2.32. The van der Waals surface area contributed by atoms with Crippen LogP contribution in [0.2, 0.25) is 0 Å². The molecule has 2 fully saturated rings. The zero-order valence-corrected chi connectivity index (χ0v) is 17.0. The summed E-state index contributed by atoms with van der Waals surface area (Å²) in [5.41, 5.74) is 5.02. The van der Waals surface area contributed by atoms with E-state index in [-0.39, 0.29) is 36.5 Å². The summed E-state index contributed by atoms with van der Waals surface area (Å²) in [5, 5.41) is 2.61. The fraction of sp³-hybridized carbons (Fsp3) is 0.600. The van der Waals surface area contributed by atoms with Crippen molar-refractivity contribution in [3.05, 3.63) is 29.3 Å². The van der Waals surface area contributed by atoms with Crippen molar-refractivity contribution >= 4 is 29.9 Å². The van der Waals surface area contributed by atoms with E-state index in [9.17, 15) is 22.8 Å². The van der Waals surface area contributed by atoms with Crippen molar-refractivity contribution in [1.82, 2.24) is 4.90 Å². The Balaban J connectivity index is 0.00000300. The maximum atomic E-state index is 13.1. The Bertz CT molecular complexity index is 736. The molecule has 1 saturated carbocycles. The number of nitrogens with zero attached hydrogens (tertiary/aromatic N) is 1. The van der Waals surface area contributed by atoms with Gasteiger partial charge in [0.1, 0.15) is 0 Å². The highest BCUT2D eigenvalue weighted by Gasteiger charge is 2.38. The topological polar surface area (TPSA) is 75.4 Å². The molecule has 29 heavy (non-hydrogen) atoms. The third-order valence-electron chi connectivity index (χ3n) is 5.66. The van der Waals surface area contributed by atoms with E-state index in [2.05, 4.69) is 5.32 Å². The lowest BCUT2D eigenvalue weighted by atomic mass is 9.77. The van der Waals surface area contributed by atoms with Gasteiger partial charge in [-0.2, -0.15) is 13.2 Å². The van der Waals surface area contributed by atoms with Gasteiger partial charge in [0.05, 0.1) is 5.56 Å². The fourth-order valence-electron chi connectivity index (χ4n) is 4.19. The monoisotopic (exact) mass is 433 g/mol. The Morgan fingerprint density at radius 3 is 2.24 bits per heavy atom. The second kappa shape index (κ2) is 9.80. The third-order valence-corrected chi connectivity index (χ3v) is 5.66. The molecule has 1 aromatic rings. The zero-order chi connectivity index (χ0) is 20.3. The Kier molecular flexibility index (Phi) is 7.94. The lowest BCUT2D eigenvalue weighted by molar-refractivity contribution is -0.141. The number of amides is 2. The summed E-state index contributed by atoms with van der Waals surface area (Å²) in [6.45, 7) is 1.38. The van der Waals surface area contributed by atoms with Gasteiger partial charge in [0, 0.05) is 37.2 Å². The molecule has 2 aliphatic rings. The molecular formula is C20H27ClF3N3O2. The zero-order valence-electron chi connectivity index (χ0n) is 16.1. The van der Waals surface area contributed by atoms with Gasteiger partial charge in [0.25, 0.3) is 0 Å². The maximum absolute atomic E-state index is 13.1. The number of nitrogens with two attached hydrogens (primary N) is 1. The van der Waals surface area contributed by atoms with Crippen LogP contribution in [-0.2, 0) is 22.3 Å². The van der Waals surface area contributed by atoms with Crippen LogP contribution in [0.15, 0.2) is 18.2 Å². The number of carbonyl (C=O) groups is 2. The minimum Gasteiger partial charge on any atom is -0.342 e. The van der Waals surface area contributed by atoms with Gasteiger partial charge in [0.15, 0.2) is 0 Å². The van der Waals surface area contributed by atoms with Crippen LogP contribution in [-0.4, -0.2) is 29.8 Å². The van der Waals surface area contributed by atoms with Crippen LogP contribution in [0, 0.1) is 11.8 Å². The van der Waals surface area contributed by atoms with Crippen LogP contribution >= 0.6 is 12.4 Å². The number of hydrogen-bond acceptors (Lipinski definition) is 3. The van der Waals surface area contributed by atoms with Crippen LogP contribution in [0.5, 0.6) is 0 Å². The molecule has 2 unspecified atom stereocenters. The average molecular weight is 434 g/mol. The molecule has 1 saturated heterocycles. The number of alkyl halides is 3. The van der Waals surface area contributed by atoms with Crippen molar-refractivity contribution in [2.24, 2.45) is 17.6 Å². The number of likely N-dealkylation sites (tertiary alicyclic amines) is 1. The van der Waals surface area contributed by atoms with Crippen LogP contribution < -0.4 is 11.1 Å². The van der Waals surface area contributed by atoms with E-state index in [1.807, 2.05) is 4.90 Å². The molecule has 2 amide bonds. The molecule has 0 radical (unpaired) electrons. The Morgan fingerprint density at radius 1 is 1.03 bits per heavy atom. The van der Waals surface area contributed by atoms with Crippen LogP contribution in [0.3, 0.4) is 0 Å². The van der Waals surface area contributed by atoms with Gasteiger partial charge in [-0.05, 0) is 49.4 Å². The first-order valence-corrected chi connectivity index (χ1v) is 9.80. The molecule has 2 atom stereocenters. The molecule has 0 bridgehead atoms. The molecule has 0 spiro atoms. The lowest BCUT2D eigenvalue weighted by Crippen LogP contribution is -2.42. The minimum atomic E-state index is -4.52. The number of nitrogens with one attached hydrogen (secondary N) is 1. The fourth-order valence-corrected chi connectivity index (χ4v) is 4.19. The predicted molar refractivity (Wildman–Crippen MR) is 106 cm³/mol. The van der Waals surface area contributed by atoms with E-state index in [0.717, 1.165) is 50.9 Å². The van der Waals surface area contributed by atoms with Gasteiger partial charge < -0.3 is 16.0 Å². The second-order valence-corrected chi connectivity index (χ2v) is 7.64. The highest BCUT2D eigenvalue weighted by atomic mass is 35.5. The summed E-state index contributed by atoms with van der Waals surface area (Å²) >= 11 is 0. The second-order valence-electron chi connectivity index (χ2n) is 7.64. The van der Waals surface area contributed by atoms with Gasteiger partial charge in [-0.25, -0.2) is 0 Å². The van der Waals surface area contributed by atoms with E-state index in [1.165, 1.54) is 6.07 Å². The first kappa shape index (κ1) is 23.5. The Hall–Kier alpha value is -1.80. The number of halogens is 4. The molecule has 3 rings (SSSR count). The van der Waals surface area contributed by atoms with E-state index in [4.69, 9.17) is 5.73 Å². The normalized spacial score (nSPS) is 22.1. The molecule has 1 aromatic carbocycles. The quantitative estimate of drug-likeness (QED) is 0.754. The number of carbonyl (C=O) groups excluding carboxylic acids is 2. The Morgan fingerprint density at radius 2 is 1.66 bits per heavy atom. The highest BCUT2D eigenvalue weighted by Crippen LogP contribution is 2.35. The molecule has 9 heteroatoms. The Labute approximate surface area is 174 Å². The third kappa shape index (κ3) is 5.63. The van der Waals surface area contributed by atoms with Gasteiger partial charge in [-0.15, -0.1) is 12.4 Å². The SMILES string of the molecule is Cl.NCc1cc(NC(=O)C2CCCCC2C(=O)N2CCCC2)cc(C(F)(F)F)c1. The van der Waals surface area contributed by atoms with Gasteiger partial charge in [-0.1, -0.05) is 12.8 Å². The van der Waals surface area contributed by atoms with Crippen LogP contribution in [0.25, 0.3) is 0 Å². The summed E-state index contributed by atoms with van der Waals surface area (Å²) in [7, 11) is 0. The van der Waals surface area contributed by atoms with E-state index in [0.29, 0.717) is 18.4 Å². The van der Waals surface area contributed by atoms with Crippen molar-refractivity contribution in [3.63, 3.8) is 0 Å². The number of hydrogen-bond donors (Lipinski definition) is 2. The van der Waals surface area contributed by atoms with Gasteiger partial charge >= 0.3 is 6.18 Å². The summed E-state index contributed by atoms with van der Waals surface area (Å²) < 4.78 is 39.3. The van der Waals surface area contributed by atoms with Crippen molar-refractivity contribution in [3.8, 4) is 0 Å². The molecule has 1 heterocycles. The van der Waals surface area contributed by atoms with Gasteiger partial charge in [0.2, 0.25) is 11.8 Å². The molecule has 3 N–H and O–H groups in total. The van der Waals surface area contributed by atoms with Crippen LogP contribution in [0.1, 0.15) is 49.7 Å². The first-order valence-electron chi connectivity index (χ1n) is 9.80. The minimum absolute atomic E-state index is 0. The van der Waals surface area contributed by atoms with Crippen molar-refractivity contribution in [2.45, 2.75) is 51.2 Å². The average Bonchev–Trinajstić information content (AvgIpc) is 3.21. The summed E-state index contributed by atoms with van der Waals surface area (Å²) in [4.78, 5) is 27.5. The molecule has 1 aliphatic heterocycles. The van der Waals surface area contributed by atoms with Gasteiger partial charge in [-0.3, -0.25) is 9.59 Å².